The molecule has 19 heteroatoms. The van der Waals surface area contributed by atoms with Crippen LogP contribution in [0.5, 0.6) is 0 Å². The van der Waals surface area contributed by atoms with Gasteiger partial charge in [-0.05, 0) is 0 Å². The number of carbonyl (C=O) groups is 6. The molecule has 0 aromatic rings. The van der Waals surface area contributed by atoms with Gasteiger partial charge in [0.15, 0.2) is 6.42 Å². The lowest BCUT2D eigenvalue weighted by Crippen LogP contribution is -2.41. The first-order chi connectivity index (χ1) is 12.8. The molecule has 0 radical (unpaired) electrons. The summed E-state index contributed by atoms with van der Waals surface area (Å²) in [6.07, 6.45) is -4.59. The highest BCUT2D eigenvalue weighted by Gasteiger charge is 2.63. The highest BCUT2D eigenvalue weighted by atomic mass is 27.3. The average Bonchev–Trinajstić information content (AvgIpc) is 2.52. The van der Waals surface area contributed by atoms with E-state index in [4.69, 9.17) is 0 Å². The van der Waals surface area contributed by atoms with Crippen molar-refractivity contribution in [3.63, 3.8) is 0 Å². The Balaban J connectivity index is 5.22. The zero-order valence-electron chi connectivity index (χ0n) is 13.2. The van der Waals surface area contributed by atoms with Gasteiger partial charge in [0.05, 0.1) is 21.8 Å². The fourth-order valence-electron chi connectivity index (χ4n) is 1.05. The van der Waals surface area contributed by atoms with E-state index < -0.39 is 84.8 Å². The van der Waals surface area contributed by atoms with Crippen molar-refractivity contribution in [3.05, 3.63) is 19.9 Å². The maximum atomic E-state index is 11.3. The highest BCUT2D eigenvalue weighted by Crippen LogP contribution is 2.01. The highest BCUT2D eigenvalue weighted by molar-refractivity contribution is 6.38. The molecule has 28 heavy (non-hydrogen) atoms. The van der Waals surface area contributed by atoms with Crippen LogP contribution in [0.2, 0.25) is 0 Å². The van der Waals surface area contributed by atoms with Crippen LogP contribution in [0.15, 0.2) is 0 Å². The SMILES string of the molecule is O=C([O-])CC(=O)[N+](=O)[O][Al]([O]C(=O)CC(=O)[N+](=O)[O-])[O][N+](=O)C(=O)CC(=O)[O-]. The van der Waals surface area contributed by atoms with Gasteiger partial charge in [-0.3, -0.25) is 22.7 Å². The molecule has 150 valence electrons. The van der Waals surface area contributed by atoms with Gasteiger partial charge in [0.25, 0.3) is 15.8 Å². The zero-order chi connectivity index (χ0) is 22.0. The van der Waals surface area contributed by atoms with E-state index in [1.807, 2.05) is 0 Å². The van der Waals surface area contributed by atoms with Crippen molar-refractivity contribution in [2.24, 2.45) is 0 Å². The topological polar surface area (TPSA) is 260 Å². The normalized spacial score (nSPS) is 9.43. The maximum absolute atomic E-state index is 11.3. The third kappa shape index (κ3) is 9.59. The van der Waals surface area contributed by atoms with Gasteiger partial charge in [-0.15, -0.1) is 0 Å². The molecule has 3 amide bonds. The first-order valence-electron chi connectivity index (χ1n) is 6.43. The van der Waals surface area contributed by atoms with Crippen molar-refractivity contribution in [1.29, 1.82) is 0 Å². The van der Waals surface area contributed by atoms with Crippen LogP contribution in [0.3, 0.4) is 0 Å². The number of amides is 3. The second-order valence-electron chi connectivity index (χ2n) is 4.22. The van der Waals surface area contributed by atoms with Gasteiger partial charge in [-0.2, -0.15) is 0 Å². The Kier molecular flexibility index (Phi) is 9.48. The minimum Gasteiger partial charge on any atom is -0.549 e. The molecule has 0 saturated carbocycles. The van der Waals surface area contributed by atoms with Gasteiger partial charge in [-0.1, -0.05) is 0 Å². The van der Waals surface area contributed by atoms with Crippen molar-refractivity contribution < 1.29 is 65.3 Å². The molecule has 0 atom stereocenters. The van der Waals surface area contributed by atoms with Gasteiger partial charge in [0.2, 0.25) is 0 Å². The van der Waals surface area contributed by atoms with E-state index in [2.05, 4.69) is 11.6 Å². The van der Waals surface area contributed by atoms with Crippen LogP contribution in [-0.4, -0.2) is 65.5 Å². The Morgan fingerprint density at radius 1 is 0.714 bits per heavy atom. The molecule has 0 aromatic carbocycles. The number of carboxylic acids is 2. The monoisotopic (exact) mass is 423 g/mol. The minimum absolute atomic E-state index is 1.12. The lowest BCUT2D eigenvalue weighted by molar-refractivity contribution is -0.743. The number of aliphatic carboxylic acids is 2. The smallest absolute Gasteiger partial charge is 0.549 e. The summed E-state index contributed by atoms with van der Waals surface area (Å²) < 4.78 is 12.2. The van der Waals surface area contributed by atoms with Crippen LogP contribution in [0, 0.1) is 19.9 Å². The largest absolute Gasteiger partial charge is 1.32 e. The lowest BCUT2D eigenvalue weighted by atomic mass is 10.4. The molecule has 0 aliphatic carbocycles. The van der Waals surface area contributed by atoms with Crippen molar-refractivity contribution in [2.75, 3.05) is 0 Å². The van der Waals surface area contributed by atoms with E-state index in [1.54, 1.807) is 0 Å². The number of carboxylic acid groups (broad SMARTS) is 2. The van der Waals surface area contributed by atoms with Crippen LogP contribution >= 0.6 is 0 Å². The lowest BCUT2D eigenvalue weighted by Gasteiger charge is -2.02. The summed E-state index contributed by atoms with van der Waals surface area (Å²) in [6.45, 7) is 0. The molecular formula is C9H6AlN3O15. The number of nitrogens with zero attached hydrogens (tertiary/aromatic N) is 3. The Labute approximate surface area is 156 Å². The third-order valence-corrected chi connectivity index (χ3v) is 3.27. The summed E-state index contributed by atoms with van der Waals surface area (Å²) in [6, 6.07) is 0. The van der Waals surface area contributed by atoms with E-state index in [0.717, 1.165) is 0 Å². The van der Waals surface area contributed by atoms with E-state index in [0.29, 0.717) is 0 Å². The standard InChI is InChI=1S/3C3H3NO5.Al/c3*5-2(4(8)9)1-3(6)7;/h3*1H2,(H,6,7);/q;;;+3/p-3. The minimum atomic E-state index is -4.57. The second kappa shape index (κ2) is 11.0. The molecule has 0 aliphatic heterocycles. The number of nitro groups is 1. The Hall–Kier alpha value is -3.85. The summed E-state index contributed by atoms with van der Waals surface area (Å²) in [5, 5.41) is 30.5. The molecular weight excluding hydrogens is 417 g/mol. The van der Waals surface area contributed by atoms with Crippen LogP contribution in [0.4, 0.5) is 0 Å². The summed E-state index contributed by atoms with van der Waals surface area (Å²) >= 11 is -4.57. The molecule has 0 heterocycles. The zero-order valence-corrected chi connectivity index (χ0v) is 14.3. The number of carbonyl (C=O) groups excluding carboxylic acids is 6. The first kappa shape index (κ1) is 24.2. The van der Waals surface area contributed by atoms with E-state index in [9.17, 15) is 58.9 Å². The summed E-state index contributed by atoms with van der Waals surface area (Å²) in [7, 11) is 0. The first-order valence-corrected chi connectivity index (χ1v) is 7.85. The summed E-state index contributed by atoms with van der Waals surface area (Å²) in [5.41, 5.74) is 0. The molecule has 0 saturated heterocycles. The molecule has 0 bridgehead atoms. The van der Waals surface area contributed by atoms with Crippen molar-refractivity contribution in [1.82, 2.24) is 0 Å². The molecule has 0 aliphatic rings. The Morgan fingerprint density at radius 2 is 1.11 bits per heavy atom. The van der Waals surface area contributed by atoms with E-state index >= 15 is 0 Å². The average molecular weight is 423 g/mol. The number of rotatable bonds is 11. The molecule has 0 rings (SSSR count). The van der Waals surface area contributed by atoms with Crippen molar-refractivity contribution in [3.8, 4) is 0 Å². The second-order valence-corrected chi connectivity index (χ2v) is 5.45. The van der Waals surface area contributed by atoms with Gasteiger partial charge < -0.3 is 23.6 Å². The van der Waals surface area contributed by atoms with Crippen molar-refractivity contribution >= 4 is 50.8 Å². The van der Waals surface area contributed by atoms with Gasteiger partial charge in [0, 0.05) is 0 Å². The quantitative estimate of drug-likeness (QED) is 0.130. The molecule has 0 fully saturated rings. The summed E-state index contributed by atoms with van der Waals surface area (Å²) in [4.78, 5) is 93.6. The maximum Gasteiger partial charge on any atom is 1.32 e. The summed E-state index contributed by atoms with van der Waals surface area (Å²) in [5.74, 6) is -11.4. The molecule has 18 nitrogen and oxygen atoms in total. The predicted octanol–water partition coefficient (Wildman–Crippen LogP) is -5.54. The Morgan fingerprint density at radius 3 is 1.43 bits per heavy atom. The van der Waals surface area contributed by atoms with Crippen LogP contribution in [0.25, 0.3) is 0 Å². The molecule has 0 spiro atoms. The third-order valence-electron chi connectivity index (χ3n) is 2.09. The van der Waals surface area contributed by atoms with Gasteiger partial charge >= 0.3 is 32.9 Å². The van der Waals surface area contributed by atoms with E-state index in [-0.39, 0.29) is 0 Å². The molecule has 0 N–H and O–H groups in total. The molecule has 0 unspecified atom stereocenters. The van der Waals surface area contributed by atoms with Crippen LogP contribution < -0.4 is 10.2 Å². The number of hydrogen-bond acceptors (Lipinski definition) is 15. The predicted molar refractivity (Wildman–Crippen MR) is 67.2 cm³/mol. The molecule has 0 aromatic heterocycles. The van der Waals surface area contributed by atoms with E-state index in [1.165, 1.54) is 0 Å². The Bertz CT molecular complexity index is 718. The number of hydrogen-bond donors (Lipinski definition) is 0. The van der Waals surface area contributed by atoms with Crippen LogP contribution in [0.1, 0.15) is 19.3 Å². The fraction of sp³-hybridized carbons (Fsp3) is 0.333. The van der Waals surface area contributed by atoms with Crippen molar-refractivity contribution in [2.45, 2.75) is 19.3 Å². The van der Waals surface area contributed by atoms with Gasteiger partial charge in [-0.25, -0.2) is 14.4 Å². The fourth-order valence-corrected chi connectivity index (χ4v) is 2.02. The van der Waals surface area contributed by atoms with Gasteiger partial charge in [0.1, 0.15) is 17.8 Å². The van der Waals surface area contributed by atoms with Crippen LogP contribution in [-0.2, 0) is 40.3 Å².